The van der Waals surface area contributed by atoms with E-state index in [0.29, 0.717) is 40.8 Å². The molecule has 0 spiro atoms. The van der Waals surface area contributed by atoms with Crippen LogP contribution in [0.3, 0.4) is 0 Å². The fraction of sp³-hybridized carbons (Fsp3) is 0.323. The summed E-state index contributed by atoms with van der Waals surface area (Å²) in [5.41, 5.74) is 6.85. The van der Waals surface area contributed by atoms with E-state index in [9.17, 15) is 15.3 Å². The van der Waals surface area contributed by atoms with Crippen molar-refractivity contribution in [1.82, 2.24) is 0 Å². The molecule has 1 aliphatic carbocycles. The van der Waals surface area contributed by atoms with Crippen LogP contribution in [0.15, 0.2) is 35.9 Å². The minimum atomic E-state index is -0.536. The molecule has 0 saturated heterocycles. The number of anilines is 1. The summed E-state index contributed by atoms with van der Waals surface area (Å²) in [6.45, 7) is 8.98. The van der Waals surface area contributed by atoms with Crippen LogP contribution >= 0.6 is 11.3 Å². The number of benzene rings is 2. The SMILES string of the molecule is CCOc1cc(/C=C(\C#N)C(=O)Nc2sc3c(c2C#N)CCCC3)ccc1OCc1c(C)cc(C)cc1C. The van der Waals surface area contributed by atoms with Gasteiger partial charge in [0.05, 0.1) is 12.2 Å². The van der Waals surface area contributed by atoms with E-state index in [1.54, 1.807) is 18.2 Å². The lowest BCUT2D eigenvalue weighted by atomic mass is 9.96. The molecular weight excluding hydrogens is 494 g/mol. The summed E-state index contributed by atoms with van der Waals surface area (Å²) in [4.78, 5) is 14.1. The first kappa shape index (κ1) is 27.0. The summed E-state index contributed by atoms with van der Waals surface area (Å²) < 4.78 is 12.0. The number of fused-ring (bicyclic) bond motifs is 1. The highest BCUT2D eigenvalue weighted by Gasteiger charge is 2.23. The third kappa shape index (κ3) is 5.90. The van der Waals surface area contributed by atoms with Crippen LogP contribution in [0.1, 0.15) is 63.6 Å². The number of rotatable bonds is 8. The largest absolute Gasteiger partial charge is 0.490 e. The molecule has 0 saturated carbocycles. The zero-order chi connectivity index (χ0) is 27.2. The Balaban J connectivity index is 1.55. The number of amides is 1. The summed E-state index contributed by atoms with van der Waals surface area (Å²) in [5.74, 6) is 0.597. The molecule has 7 heteroatoms. The molecule has 0 radical (unpaired) electrons. The van der Waals surface area contributed by atoms with E-state index in [1.165, 1.54) is 34.1 Å². The maximum atomic E-state index is 13.0. The highest BCUT2D eigenvalue weighted by Crippen LogP contribution is 2.38. The maximum absolute atomic E-state index is 13.0. The van der Waals surface area contributed by atoms with Crippen molar-refractivity contribution in [2.45, 2.75) is 60.0 Å². The van der Waals surface area contributed by atoms with Crippen molar-refractivity contribution in [2.24, 2.45) is 0 Å². The highest BCUT2D eigenvalue weighted by molar-refractivity contribution is 7.16. The van der Waals surface area contributed by atoms with E-state index in [-0.39, 0.29) is 5.57 Å². The zero-order valence-corrected chi connectivity index (χ0v) is 23.1. The van der Waals surface area contributed by atoms with Crippen LogP contribution in [0.5, 0.6) is 11.5 Å². The summed E-state index contributed by atoms with van der Waals surface area (Å²) in [5, 5.41) is 22.7. The van der Waals surface area contributed by atoms with Crippen molar-refractivity contribution < 1.29 is 14.3 Å². The number of nitrogens with zero attached hydrogens (tertiary/aromatic N) is 2. The fourth-order valence-corrected chi connectivity index (χ4v) is 6.08. The van der Waals surface area contributed by atoms with Gasteiger partial charge in [0.15, 0.2) is 11.5 Å². The number of ether oxygens (including phenoxy) is 2. The number of nitrogens with one attached hydrogen (secondary N) is 1. The van der Waals surface area contributed by atoms with Crippen molar-refractivity contribution in [3.63, 3.8) is 0 Å². The van der Waals surface area contributed by atoms with Crippen LogP contribution in [0, 0.1) is 43.4 Å². The van der Waals surface area contributed by atoms with Crippen LogP contribution in [0.25, 0.3) is 6.08 Å². The Morgan fingerprint density at radius 2 is 1.79 bits per heavy atom. The molecule has 1 aromatic heterocycles. The Morgan fingerprint density at radius 1 is 1.05 bits per heavy atom. The van der Waals surface area contributed by atoms with Gasteiger partial charge in [-0.05, 0) is 99.4 Å². The van der Waals surface area contributed by atoms with Crippen molar-refractivity contribution in [1.29, 1.82) is 10.5 Å². The minimum absolute atomic E-state index is 0.0534. The van der Waals surface area contributed by atoms with Gasteiger partial charge in [-0.1, -0.05) is 23.8 Å². The van der Waals surface area contributed by atoms with Gasteiger partial charge in [0.1, 0.15) is 29.3 Å². The topological polar surface area (TPSA) is 95.1 Å². The molecule has 6 nitrogen and oxygen atoms in total. The third-order valence-corrected chi connectivity index (χ3v) is 7.87. The molecule has 1 heterocycles. The molecule has 0 aliphatic heterocycles. The van der Waals surface area contributed by atoms with Gasteiger partial charge in [-0.2, -0.15) is 10.5 Å². The van der Waals surface area contributed by atoms with Crippen molar-refractivity contribution in [3.05, 3.63) is 79.7 Å². The quantitative estimate of drug-likeness (QED) is 0.254. The number of carbonyl (C=O) groups is 1. The van der Waals surface area contributed by atoms with Gasteiger partial charge in [-0.15, -0.1) is 11.3 Å². The molecule has 194 valence electrons. The molecular formula is C31H31N3O3S. The van der Waals surface area contributed by atoms with Gasteiger partial charge in [0, 0.05) is 4.88 Å². The number of thiophene rings is 1. The van der Waals surface area contributed by atoms with E-state index < -0.39 is 5.91 Å². The Morgan fingerprint density at radius 3 is 2.47 bits per heavy atom. The lowest BCUT2D eigenvalue weighted by Gasteiger charge is -2.16. The van der Waals surface area contributed by atoms with Gasteiger partial charge >= 0.3 is 0 Å². The summed E-state index contributed by atoms with van der Waals surface area (Å²) >= 11 is 1.44. The van der Waals surface area contributed by atoms with Crippen molar-refractivity contribution in [3.8, 4) is 23.6 Å². The zero-order valence-electron chi connectivity index (χ0n) is 22.2. The Hall–Kier alpha value is -4.07. The Bertz CT molecular complexity index is 1460. The van der Waals surface area contributed by atoms with E-state index >= 15 is 0 Å². The Labute approximate surface area is 228 Å². The summed E-state index contributed by atoms with van der Waals surface area (Å²) in [6.07, 6.45) is 5.42. The fourth-order valence-electron chi connectivity index (χ4n) is 4.85. The van der Waals surface area contributed by atoms with E-state index in [2.05, 4.69) is 44.3 Å². The lowest BCUT2D eigenvalue weighted by molar-refractivity contribution is -0.112. The van der Waals surface area contributed by atoms with Crippen LogP contribution < -0.4 is 14.8 Å². The number of aryl methyl sites for hydroxylation is 4. The van der Waals surface area contributed by atoms with Crippen LogP contribution in [-0.4, -0.2) is 12.5 Å². The average molecular weight is 526 g/mol. The second-order valence-electron chi connectivity index (χ2n) is 9.46. The van der Waals surface area contributed by atoms with Gasteiger partial charge in [0.25, 0.3) is 5.91 Å². The molecule has 1 N–H and O–H groups in total. The molecule has 0 fully saturated rings. The number of hydrogen-bond donors (Lipinski definition) is 1. The molecule has 0 bridgehead atoms. The summed E-state index contributed by atoms with van der Waals surface area (Å²) in [7, 11) is 0. The van der Waals surface area contributed by atoms with Crippen LogP contribution in [0.2, 0.25) is 0 Å². The first-order valence-electron chi connectivity index (χ1n) is 12.8. The van der Waals surface area contributed by atoms with Gasteiger partial charge in [-0.3, -0.25) is 4.79 Å². The normalized spacial score (nSPS) is 12.7. The van der Waals surface area contributed by atoms with E-state index in [1.807, 2.05) is 13.0 Å². The first-order chi connectivity index (χ1) is 18.3. The van der Waals surface area contributed by atoms with E-state index in [4.69, 9.17) is 9.47 Å². The van der Waals surface area contributed by atoms with Gasteiger partial charge in [-0.25, -0.2) is 0 Å². The second kappa shape index (κ2) is 12.0. The smallest absolute Gasteiger partial charge is 0.266 e. The van der Waals surface area contributed by atoms with Crippen molar-refractivity contribution >= 4 is 28.3 Å². The number of carbonyl (C=O) groups excluding carboxylic acids is 1. The number of hydrogen-bond acceptors (Lipinski definition) is 6. The minimum Gasteiger partial charge on any atom is -0.490 e. The highest BCUT2D eigenvalue weighted by atomic mass is 32.1. The third-order valence-electron chi connectivity index (χ3n) is 6.67. The Kier molecular flexibility index (Phi) is 8.51. The molecule has 0 atom stereocenters. The van der Waals surface area contributed by atoms with Gasteiger partial charge in [0.2, 0.25) is 0 Å². The first-order valence-corrected chi connectivity index (χ1v) is 13.6. The predicted octanol–water partition coefficient (Wildman–Crippen LogP) is 6.95. The molecule has 4 rings (SSSR count). The van der Waals surface area contributed by atoms with Crippen LogP contribution in [0.4, 0.5) is 5.00 Å². The maximum Gasteiger partial charge on any atom is 0.266 e. The van der Waals surface area contributed by atoms with Crippen LogP contribution in [-0.2, 0) is 24.2 Å². The molecule has 3 aromatic rings. The average Bonchev–Trinajstić information content (AvgIpc) is 3.24. The molecule has 38 heavy (non-hydrogen) atoms. The predicted molar refractivity (Wildman–Crippen MR) is 150 cm³/mol. The van der Waals surface area contributed by atoms with E-state index in [0.717, 1.165) is 41.7 Å². The molecule has 2 aromatic carbocycles. The van der Waals surface area contributed by atoms with Gasteiger partial charge < -0.3 is 14.8 Å². The molecule has 1 amide bonds. The summed E-state index contributed by atoms with van der Waals surface area (Å²) in [6, 6.07) is 13.9. The van der Waals surface area contributed by atoms with Crippen molar-refractivity contribution in [2.75, 3.05) is 11.9 Å². The number of nitriles is 2. The lowest BCUT2D eigenvalue weighted by Crippen LogP contribution is -2.13. The monoisotopic (exact) mass is 525 g/mol. The molecule has 1 aliphatic rings. The molecule has 0 unspecified atom stereocenters. The standard InChI is InChI=1S/C31H31N3O3S/c1-5-36-28-15-22(10-11-27(28)37-18-26-20(3)12-19(2)13-21(26)4)14-23(16-32)30(35)34-31-25(17-33)24-8-6-7-9-29(24)38-31/h10-15H,5-9,18H2,1-4H3,(H,34,35)/b23-14+. The second-order valence-corrected chi connectivity index (χ2v) is 10.6.